The van der Waals surface area contributed by atoms with Crippen LogP contribution in [0.4, 0.5) is 5.69 Å². The number of nitrogens with one attached hydrogen (secondary N) is 1. The molecule has 0 unspecified atom stereocenters. The zero-order valence-corrected chi connectivity index (χ0v) is 7.52. The largest absolute Gasteiger partial charge is 0.344 e. The van der Waals surface area contributed by atoms with Crippen molar-refractivity contribution in [3.05, 3.63) is 30.3 Å². The predicted molar refractivity (Wildman–Crippen MR) is 53.3 cm³/mol. The van der Waals surface area contributed by atoms with E-state index in [4.69, 9.17) is 12.2 Å². The zero-order valence-electron chi connectivity index (χ0n) is 6.70. The number of thiocarbonyl (C=S) groups is 1. The quantitative estimate of drug-likeness (QED) is 0.704. The standard InChI is InChI=1S/C9H9NOS/c1-7(11)9(12)10-8-5-3-2-4-6-8/h2-6H,1H3,(H,10,12). The average molecular weight is 179 g/mol. The molecule has 0 aliphatic rings. The smallest absolute Gasteiger partial charge is 0.187 e. The molecule has 1 rings (SSSR count). The molecule has 0 saturated carbocycles. The van der Waals surface area contributed by atoms with Gasteiger partial charge >= 0.3 is 0 Å². The number of hydrogen-bond acceptors (Lipinski definition) is 2. The van der Waals surface area contributed by atoms with Crippen molar-refractivity contribution < 1.29 is 4.79 Å². The van der Waals surface area contributed by atoms with Crippen LogP contribution in [0.15, 0.2) is 30.3 Å². The Morgan fingerprint density at radius 1 is 1.33 bits per heavy atom. The van der Waals surface area contributed by atoms with Crippen LogP contribution in [-0.2, 0) is 4.79 Å². The molecule has 0 bridgehead atoms. The van der Waals surface area contributed by atoms with Crippen LogP contribution < -0.4 is 5.32 Å². The number of carbonyl (C=O) groups is 1. The van der Waals surface area contributed by atoms with Gasteiger partial charge in [0.2, 0.25) is 0 Å². The molecular formula is C9H9NOS. The minimum atomic E-state index is -0.117. The molecule has 0 aromatic heterocycles. The summed E-state index contributed by atoms with van der Waals surface area (Å²) in [6.45, 7) is 1.44. The maximum atomic E-state index is 10.7. The molecule has 62 valence electrons. The van der Waals surface area contributed by atoms with Crippen molar-refractivity contribution in [2.45, 2.75) is 6.92 Å². The summed E-state index contributed by atoms with van der Waals surface area (Å²) < 4.78 is 0. The number of ketones is 1. The van der Waals surface area contributed by atoms with Gasteiger partial charge in [0.1, 0.15) is 4.99 Å². The van der Waals surface area contributed by atoms with E-state index in [0.717, 1.165) is 5.69 Å². The van der Waals surface area contributed by atoms with Crippen molar-refractivity contribution in [3.8, 4) is 0 Å². The first-order valence-corrected chi connectivity index (χ1v) is 3.98. The summed E-state index contributed by atoms with van der Waals surface area (Å²) >= 11 is 4.80. The molecule has 1 aromatic rings. The number of hydrogen-bond donors (Lipinski definition) is 1. The van der Waals surface area contributed by atoms with Crippen LogP contribution >= 0.6 is 12.2 Å². The second-order valence-electron chi connectivity index (χ2n) is 2.38. The van der Waals surface area contributed by atoms with Gasteiger partial charge in [0.05, 0.1) is 0 Å². The SMILES string of the molecule is CC(=O)C(=S)Nc1ccccc1. The molecule has 0 heterocycles. The number of Topliss-reactive ketones (excluding diaryl/α,β-unsaturated/α-hetero) is 1. The fourth-order valence-electron chi connectivity index (χ4n) is 0.741. The van der Waals surface area contributed by atoms with E-state index in [2.05, 4.69) is 5.32 Å². The van der Waals surface area contributed by atoms with Crippen LogP contribution in [0, 0.1) is 0 Å². The highest BCUT2D eigenvalue weighted by molar-refractivity contribution is 7.82. The molecule has 0 spiro atoms. The topological polar surface area (TPSA) is 29.1 Å². The van der Waals surface area contributed by atoms with Gasteiger partial charge < -0.3 is 5.32 Å². The molecule has 0 aliphatic heterocycles. The van der Waals surface area contributed by atoms with E-state index in [1.165, 1.54) is 6.92 Å². The maximum absolute atomic E-state index is 10.7. The van der Waals surface area contributed by atoms with Gasteiger partial charge in [-0.15, -0.1) is 0 Å². The Bertz CT molecular complexity index is 295. The molecule has 2 nitrogen and oxygen atoms in total. The van der Waals surface area contributed by atoms with E-state index in [1.54, 1.807) is 0 Å². The van der Waals surface area contributed by atoms with Crippen molar-refractivity contribution in [1.29, 1.82) is 0 Å². The van der Waals surface area contributed by atoms with Gasteiger partial charge in [-0.2, -0.15) is 0 Å². The summed E-state index contributed by atoms with van der Waals surface area (Å²) in [5, 5.41) is 2.82. The fourth-order valence-corrected chi connectivity index (χ4v) is 0.858. The van der Waals surface area contributed by atoms with E-state index < -0.39 is 0 Å². The Morgan fingerprint density at radius 2 is 1.92 bits per heavy atom. The van der Waals surface area contributed by atoms with Gasteiger partial charge in [0.15, 0.2) is 5.78 Å². The van der Waals surface area contributed by atoms with Crippen LogP contribution in [-0.4, -0.2) is 10.8 Å². The maximum Gasteiger partial charge on any atom is 0.187 e. The summed E-state index contributed by atoms with van der Waals surface area (Å²) in [4.78, 5) is 11.0. The highest BCUT2D eigenvalue weighted by atomic mass is 32.1. The van der Waals surface area contributed by atoms with E-state index >= 15 is 0 Å². The van der Waals surface area contributed by atoms with Crippen molar-refractivity contribution in [1.82, 2.24) is 0 Å². The van der Waals surface area contributed by atoms with Gasteiger partial charge in [-0.3, -0.25) is 4.79 Å². The van der Waals surface area contributed by atoms with Crippen LogP contribution in [0.25, 0.3) is 0 Å². The zero-order chi connectivity index (χ0) is 8.97. The molecule has 3 heteroatoms. The number of carbonyl (C=O) groups excluding carboxylic acids is 1. The van der Waals surface area contributed by atoms with Crippen molar-refractivity contribution >= 4 is 28.7 Å². The van der Waals surface area contributed by atoms with E-state index in [0.29, 0.717) is 0 Å². The third-order valence-electron chi connectivity index (χ3n) is 1.35. The minimum absolute atomic E-state index is 0.117. The Balaban J connectivity index is 2.65. The Hall–Kier alpha value is -1.22. The van der Waals surface area contributed by atoms with Gasteiger partial charge in [-0.1, -0.05) is 30.4 Å². The highest BCUT2D eigenvalue weighted by Gasteiger charge is 2.00. The Labute approximate surface area is 76.6 Å². The first kappa shape index (κ1) is 8.87. The van der Waals surface area contributed by atoms with Crippen LogP contribution in [0.3, 0.4) is 0 Å². The predicted octanol–water partition coefficient (Wildman–Crippen LogP) is 2.01. The highest BCUT2D eigenvalue weighted by Crippen LogP contribution is 2.04. The summed E-state index contributed by atoms with van der Waals surface area (Å²) in [5.74, 6) is -0.117. The second kappa shape index (κ2) is 3.97. The Morgan fingerprint density at radius 3 is 2.42 bits per heavy atom. The lowest BCUT2D eigenvalue weighted by atomic mass is 10.3. The molecule has 1 N–H and O–H groups in total. The molecular weight excluding hydrogens is 170 g/mol. The van der Waals surface area contributed by atoms with E-state index in [-0.39, 0.29) is 10.8 Å². The van der Waals surface area contributed by atoms with Gasteiger partial charge in [0, 0.05) is 12.6 Å². The number of rotatable bonds is 2. The molecule has 1 aromatic carbocycles. The summed E-state index contributed by atoms with van der Waals surface area (Å²) in [6, 6.07) is 9.38. The molecule has 0 fully saturated rings. The third kappa shape index (κ3) is 2.43. The fraction of sp³-hybridized carbons (Fsp3) is 0.111. The van der Waals surface area contributed by atoms with Crippen molar-refractivity contribution in [2.75, 3.05) is 5.32 Å². The van der Waals surface area contributed by atoms with Crippen LogP contribution in [0.1, 0.15) is 6.92 Å². The van der Waals surface area contributed by atoms with Gasteiger partial charge in [0.25, 0.3) is 0 Å². The molecule has 0 radical (unpaired) electrons. The van der Waals surface area contributed by atoms with E-state index in [9.17, 15) is 4.79 Å². The third-order valence-corrected chi connectivity index (χ3v) is 1.74. The first-order valence-electron chi connectivity index (χ1n) is 3.57. The molecule has 0 aliphatic carbocycles. The van der Waals surface area contributed by atoms with Crippen LogP contribution in [0.5, 0.6) is 0 Å². The lowest BCUT2D eigenvalue weighted by Crippen LogP contribution is -2.17. The van der Waals surface area contributed by atoms with Crippen molar-refractivity contribution in [2.24, 2.45) is 0 Å². The minimum Gasteiger partial charge on any atom is -0.344 e. The van der Waals surface area contributed by atoms with E-state index in [1.807, 2.05) is 30.3 Å². The molecule has 0 saturated heterocycles. The number of para-hydroxylation sites is 1. The number of benzene rings is 1. The average Bonchev–Trinajstić information content (AvgIpc) is 2.06. The monoisotopic (exact) mass is 179 g/mol. The summed E-state index contributed by atoms with van der Waals surface area (Å²) in [7, 11) is 0. The normalized spacial score (nSPS) is 9.08. The van der Waals surface area contributed by atoms with Crippen molar-refractivity contribution in [3.63, 3.8) is 0 Å². The second-order valence-corrected chi connectivity index (χ2v) is 2.78. The molecule has 12 heavy (non-hydrogen) atoms. The van der Waals surface area contributed by atoms with Gasteiger partial charge in [-0.25, -0.2) is 0 Å². The number of anilines is 1. The summed E-state index contributed by atoms with van der Waals surface area (Å²) in [6.07, 6.45) is 0. The molecule has 0 amide bonds. The lowest BCUT2D eigenvalue weighted by molar-refractivity contribution is -0.110. The van der Waals surface area contributed by atoms with Gasteiger partial charge in [-0.05, 0) is 12.1 Å². The molecule has 0 atom stereocenters. The lowest BCUT2D eigenvalue weighted by Gasteiger charge is -2.03. The first-order chi connectivity index (χ1) is 5.70. The summed E-state index contributed by atoms with van der Waals surface area (Å²) in [5.41, 5.74) is 0.845. The Kier molecular flexibility index (Phi) is 2.94. The van der Waals surface area contributed by atoms with Crippen LogP contribution in [0.2, 0.25) is 0 Å².